The average molecular weight is 1230 g/mol. The molecule has 0 aromatic heterocycles. The number of carbonyl (C=O) groups is 3. The van der Waals surface area contributed by atoms with Crippen molar-refractivity contribution in [1.29, 1.82) is 0 Å². The first-order valence-electron chi connectivity index (χ1n) is 14.4. The van der Waals surface area contributed by atoms with E-state index in [2.05, 4.69) is 0 Å². The van der Waals surface area contributed by atoms with Gasteiger partial charge in [-0.05, 0) is 34.5 Å². The van der Waals surface area contributed by atoms with Crippen molar-refractivity contribution in [2.75, 3.05) is 0 Å². The molecule has 0 aliphatic rings. The molecule has 0 amide bonds. The number of hydrogen-bond acceptors (Lipinski definition) is 6. The number of hydrogen-bond donors (Lipinski definition) is 0. The van der Waals surface area contributed by atoms with Crippen molar-refractivity contribution in [2.24, 2.45) is 16.2 Å². The summed E-state index contributed by atoms with van der Waals surface area (Å²) in [7, 11) is 0. The van der Waals surface area contributed by atoms with Gasteiger partial charge in [0.15, 0.2) is 0 Å². The smallest absolute Gasteiger partial charge is 0.875 e. The van der Waals surface area contributed by atoms with Gasteiger partial charge in [0.2, 0.25) is 17.3 Å². The van der Waals surface area contributed by atoms with Gasteiger partial charge in [0.05, 0.1) is 0 Å². The Labute approximate surface area is 397 Å². The summed E-state index contributed by atoms with van der Waals surface area (Å²) >= 11 is 0. The third-order valence-corrected chi connectivity index (χ3v) is 6.18. The van der Waals surface area contributed by atoms with E-state index < -0.39 is 123 Å². The van der Waals surface area contributed by atoms with Crippen LogP contribution in [0, 0.1) is 110 Å². The minimum absolute atomic E-state index is 0. The van der Waals surface area contributed by atoms with Crippen molar-refractivity contribution in [1.82, 2.24) is 0 Å². The summed E-state index contributed by atoms with van der Waals surface area (Å²) < 4.78 is 258. The third-order valence-electron chi connectivity index (χ3n) is 6.18. The van der Waals surface area contributed by atoms with Gasteiger partial charge in [0.1, 0.15) is 0 Å². The SMILES string of the molecule is CC(C)(C)/C([O-])=C/C(=O)C(F)(F)C(F)(F)C(F)(F)F.CC(C)(C)/C([O-])=C/C(=O)C(F)(F)C(F)(F)C(F)(F)F.CC(C)(C)/C([O-])=C/C(=O)C(F)(F)C(F)(F)C(F)(F)F.[Yb+3].[Yb+3]. The Morgan fingerprint density at radius 1 is 0.322 bits per heavy atom. The minimum Gasteiger partial charge on any atom is -0.875 e. The van der Waals surface area contributed by atoms with E-state index in [1.807, 2.05) is 0 Å². The van der Waals surface area contributed by atoms with Crippen LogP contribution in [-0.2, 0) is 14.4 Å². The fourth-order valence-corrected chi connectivity index (χ4v) is 2.28. The van der Waals surface area contributed by atoms with Gasteiger partial charge in [0.25, 0.3) is 0 Å². The molecule has 0 spiro atoms. The second-order valence-corrected chi connectivity index (χ2v) is 14.3. The molecule has 0 bridgehead atoms. The molecule has 59 heavy (non-hydrogen) atoms. The summed E-state index contributed by atoms with van der Waals surface area (Å²) in [6.45, 7) is 10.6. The quantitative estimate of drug-likeness (QED) is 0.131. The molecule has 0 saturated heterocycles. The van der Waals surface area contributed by atoms with Crippen molar-refractivity contribution < 1.29 is 216 Å². The van der Waals surface area contributed by atoms with Crippen LogP contribution < -0.4 is 15.3 Å². The maximum Gasteiger partial charge on any atom is 3.00 e. The average Bonchev–Trinajstić information content (AvgIpc) is 2.93. The normalized spacial score (nSPS) is 15.1. The van der Waals surface area contributed by atoms with Gasteiger partial charge in [-0.2, -0.15) is 92.2 Å². The van der Waals surface area contributed by atoms with Crippen molar-refractivity contribution in [3.05, 3.63) is 35.5 Å². The number of alkyl halides is 21. The maximum atomic E-state index is 12.8. The molecule has 0 atom stereocenters. The number of rotatable bonds is 9. The summed E-state index contributed by atoms with van der Waals surface area (Å²) in [5.41, 5.74) is -4.09. The van der Waals surface area contributed by atoms with Crippen molar-refractivity contribution in [3.63, 3.8) is 0 Å². The number of ketones is 3. The van der Waals surface area contributed by atoms with Crippen LogP contribution >= 0.6 is 0 Å². The molecule has 6 nitrogen and oxygen atoms in total. The van der Waals surface area contributed by atoms with Crippen LogP contribution in [0.15, 0.2) is 35.5 Å². The zero-order valence-electron chi connectivity index (χ0n) is 30.7. The Hall–Kier alpha value is -0.801. The van der Waals surface area contributed by atoms with Crippen molar-refractivity contribution in [2.45, 2.75) is 116 Å². The summed E-state index contributed by atoms with van der Waals surface area (Å²) in [6, 6.07) is 0. The molecule has 0 aromatic carbocycles. The molecule has 0 fully saturated rings. The van der Waals surface area contributed by atoms with E-state index >= 15 is 0 Å². The number of halogens is 21. The number of carbonyl (C=O) groups excluding carboxylic acids is 3. The van der Waals surface area contributed by atoms with Crippen LogP contribution in [0.25, 0.3) is 0 Å². The van der Waals surface area contributed by atoms with Crippen LogP contribution in [-0.4, -0.2) is 71.4 Å². The van der Waals surface area contributed by atoms with Gasteiger partial charge in [-0.25, -0.2) is 0 Å². The fraction of sp³-hybridized carbons (Fsp3) is 0.700. The van der Waals surface area contributed by atoms with Gasteiger partial charge in [-0.3, -0.25) is 14.4 Å². The maximum absolute atomic E-state index is 12.8. The van der Waals surface area contributed by atoms with E-state index in [-0.39, 0.29) is 93.8 Å². The summed E-state index contributed by atoms with van der Waals surface area (Å²) in [5, 5.41) is 33.5. The van der Waals surface area contributed by atoms with E-state index in [0.29, 0.717) is 0 Å². The molecule has 0 saturated carbocycles. The Morgan fingerprint density at radius 2 is 0.441 bits per heavy atom. The molecule has 358 valence electrons. The molecule has 0 aliphatic carbocycles. The van der Waals surface area contributed by atoms with Crippen molar-refractivity contribution in [3.8, 4) is 0 Å². The zero-order valence-corrected chi connectivity index (χ0v) is 34.1. The molecule has 0 rings (SSSR count). The number of allylic oxidation sites excluding steroid dienone is 6. The van der Waals surface area contributed by atoms with Gasteiger partial charge in [-0.1, -0.05) is 62.3 Å². The summed E-state index contributed by atoms with van der Waals surface area (Å²) in [5.74, 6) is -50.2. The molecule has 0 N–H and O–H groups in total. The second kappa shape index (κ2) is 21.3. The molecule has 0 unspecified atom stereocenters. The Balaban J connectivity index is -0.000000243. The van der Waals surface area contributed by atoms with Crippen LogP contribution in [0.4, 0.5) is 92.2 Å². The van der Waals surface area contributed by atoms with Crippen LogP contribution in [0.5, 0.6) is 0 Å². The van der Waals surface area contributed by atoms with Gasteiger partial charge < -0.3 is 15.3 Å². The summed E-state index contributed by atoms with van der Waals surface area (Å²) in [6.07, 6.45) is -21.1. The van der Waals surface area contributed by atoms with E-state index in [0.717, 1.165) is 0 Å². The monoisotopic (exact) mass is 1230 g/mol. The van der Waals surface area contributed by atoms with Crippen molar-refractivity contribution >= 4 is 17.3 Å². The predicted molar refractivity (Wildman–Crippen MR) is 145 cm³/mol. The molecular formula is C30H30F21O6Yb2+3. The molecular weight excluding hydrogens is 1200 g/mol. The Kier molecular flexibility index (Phi) is 24.2. The largest absolute Gasteiger partial charge is 3.00 e. The van der Waals surface area contributed by atoms with Gasteiger partial charge in [-0.15, -0.1) is 17.3 Å². The molecule has 29 heteroatoms. The zero-order chi connectivity index (χ0) is 47.6. The molecule has 2 radical (unpaired) electrons. The molecule has 0 aromatic rings. The summed E-state index contributed by atoms with van der Waals surface area (Å²) in [4.78, 5) is 32.4. The Bertz CT molecular complexity index is 1360. The molecule has 0 aliphatic heterocycles. The Morgan fingerprint density at radius 3 is 0.525 bits per heavy atom. The van der Waals surface area contributed by atoms with E-state index in [9.17, 15) is 122 Å². The van der Waals surface area contributed by atoms with Gasteiger partial charge >= 0.3 is 148 Å². The van der Waals surface area contributed by atoms with E-state index in [1.54, 1.807) is 0 Å². The molecule has 0 heterocycles. The fourth-order valence-electron chi connectivity index (χ4n) is 2.28. The van der Waals surface area contributed by atoms with Crippen LogP contribution in [0.3, 0.4) is 0 Å². The van der Waals surface area contributed by atoms with E-state index in [4.69, 9.17) is 0 Å². The van der Waals surface area contributed by atoms with Gasteiger partial charge in [0, 0.05) is 0 Å². The topological polar surface area (TPSA) is 120 Å². The van der Waals surface area contributed by atoms with E-state index in [1.165, 1.54) is 62.3 Å². The predicted octanol–water partition coefficient (Wildman–Crippen LogP) is 8.04. The minimum atomic E-state index is -6.61. The first kappa shape index (κ1) is 67.3. The second-order valence-electron chi connectivity index (χ2n) is 14.3. The first-order chi connectivity index (χ1) is 24.1. The standard InChI is InChI=1S/3C10H11F7O2.2Yb/c3*1-7(2,3)5(18)4-6(19)8(11,12)9(13,14)10(15,16)17;;/h3*4,18H,1-3H3;;/q;;;2*+3/p-3/b3*5-4-;;. The first-order valence-corrected chi connectivity index (χ1v) is 14.4. The van der Waals surface area contributed by atoms with Crippen LogP contribution in [0.1, 0.15) is 62.3 Å². The third kappa shape index (κ3) is 17.0. The van der Waals surface area contributed by atoms with Crippen LogP contribution in [0.2, 0.25) is 0 Å².